The molecular formula is C29H41N3O9. The molecule has 6 N–H and O–H groups in total. The highest BCUT2D eigenvalue weighted by molar-refractivity contribution is 5.93. The fourth-order valence-corrected chi connectivity index (χ4v) is 5.36. The van der Waals surface area contributed by atoms with Gasteiger partial charge in [-0.3, -0.25) is 4.79 Å². The van der Waals surface area contributed by atoms with Crippen LogP contribution < -0.4 is 5.32 Å². The van der Waals surface area contributed by atoms with Crippen molar-refractivity contribution in [2.24, 2.45) is 0 Å². The van der Waals surface area contributed by atoms with Crippen molar-refractivity contribution in [2.45, 2.75) is 95.0 Å². The van der Waals surface area contributed by atoms with E-state index < -0.39 is 24.1 Å². The Balaban J connectivity index is 0.000000397. The van der Waals surface area contributed by atoms with E-state index in [0.717, 1.165) is 36.8 Å². The third-order valence-electron chi connectivity index (χ3n) is 7.56. The van der Waals surface area contributed by atoms with Gasteiger partial charge in [-0.15, -0.1) is 0 Å². The van der Waals surface area contributed by atoms with Crippen molar-refractivity contribution in [3.63, 3.8) is 0 Å². The molecule has 0 radical (unpaired) electrons. The van der Waals surface area contributed by atoms with Crippen LogP contribution in [0.5, 0.6) is 0 Å². The van der Waals surface area contributed by atoms with Gasteiger partial charge in [0, 0.05) is 36.8 Å². The number of hydrogen-bond acceptors (Lipinski definition) is 9. The molecule has 2 aliphatic carbocycles. The topological polar surface area (TPSA) is 194 Å². The van der Waals surface area contributed by atoms with Crippen molar-refractivity contribution in [1.29, 1.82) is 0 Å². The number of benzene rings is 1. The summed E-state index contributed by atoms with van der Waals surface area (Å²) < 4.78 is 5.59. The molecule has 0 bridgehead atoms. The lowest BCUT2D eigenvalue weighted by Gasteiger charge is -2.41. The van der Waals surface area contributed by atoms with E-state index in [-0.39, 0.29) is 12.5 Å². The zero-order valence-electron chi connectivity index (χ0n) is 23.2. The molecule has 1 heterocycles. The minimum atomic E-state index is -2.27. The van der Waals surface area contributed by atoms with Crippen LogP contribution in [0.2, 0.25) is 0 Å². The number of amides is 1. The molecule has 2 aromatic rings. The highest BCUT2D eigenvalue weighted by Crippen LogP contribution is 2.32. The monoisotopic (exact) mass is 575 g/mol. The van der Waals surface area contributed by atoms with Gasteiger partial charge in [0.25, 0.3) is 5.91 Å². The minimum Gasteiger partial charge on any atom is -0.479 e. The summed E-state index contributed by atoms with van der Waals surface area (Å²) in [6, 6.07) is 10.5. The Labute approximate surface area is 239 Å². The van der Waals surface area contributed by atoms with Gasteiger partial charge in [0.15, 0.2) is 23.7 Å². The average Bonchev–Trinajstić information content (AvgIpc) is 3.49. The molecule has 0 unspecified atom stereocenters. The van der Waals surface area contributed by atoms with Gasteiger partial charge in [0.2, 0.25) is 0 Å². The van der Waals surface area contributed by atoms with E-state index in [1.54, 1.807) is 6.07 Å². The van der Waals surface area contributed by atoms with Crippen LogP contribution in [0.15, 0.2) is 34.9 Å². The number of aromatic nitrogens is 1. The van der Waals surface area contributed by atoms with Crippen LogP contribution >= 0.6 is 0 Å². The maximum Gasteiger partial charge on any atom is 0.335 e. The van der Waals surface area contributed by atoms with Gasteiger partial charge in [-0.1, -0.05) is 67.9 Å². The summed E-state index contributed by atoms with van der Waals surface area (Å²) in [5.74, 6) is -2.87. The molecule has 12 heteroatoms. The Kier molecular flexibility index (Phi) is 12.7. The molecule has 12 nitrogen and oxygen atoms in total. The van der Waals surface area contributed by atoms with Crippen molar-refractivity contribution >= 4 is 17.8 Å². The second-order valence-corrected chi connectivity index (χ2v) is 10.5. The molecule has 0 aliphatic heterocycles. The molecule has 2 fully saturated rings. The third-order valence-corrected chi connectivity index (χ3v) is 7.56. The van der Waals surface area contributed by atoms with Gasteiger partial charge in [-0.2, -0.15) is 0 Å². The lowest BCUT2D eigenvalue weighted by atomic mass is 9.88. The first kappa shape index (κ1) is 32.2. The number of carboxylic acids is 2. The number of hydrogen-bond donors (Lipinski definition) is 6. The number of aliphatic hydroxyl groups excluding tert-OH is 3. The van der Waals surface area contributed by atoms with Crippen molar-refractivity contribution in [3.8, 4) is 11.3 Å². The van der Waals surface area contributed by atoms with Crippen LogP contribution in [0.4, 0.5) is 0 Å². The molecule has 4 rings (SSSR count). The normalized spacial score (nSPS) is 17.6. The van der Waals surface area contributed by atoms with E-state index in [9.17, 15) is 14.4 Å². The summed E-state index contributed by atoms with van der Waals surface area (Å²) in [6.07, 6.45) is 7.32. The lowest BCUT2D eigenvalue weighted by Crippen LogP contribution is -2.48. The van der Waals surface area contributed by atoms with Crippen LogP contribution in [0, 0.1) is 0 Å². The van der Waals surface area contributed by atoms with E-state index >= 15 is 0 Å². The Morgan fingerprint density at radius 3 is 1.85 bits per heavy atom. The summed E-state index contributed by atoms with van der Waals surface area (Å²) in [4.78, 5) is 35.3. The molecule has 1 aromatic carbocycles. The molecule has 1 amide bonds. The lowest BCUT2D eigenvalue weighted by molar-refractivity contribution is -0.165. The fourth-order valence-electron chi connectivity index (χ4n) is 5.36. The first-order valence-corrected chi connectivity index (χ1v) is 14.2. The SMILES string of the molecule is O=C(O)[C@H](O)[C@@H](O)C(=O)O.O=C(c1cc(-c2ccc(CNCCO)cc2)on1)N(C1CCCCC1)C1CCCCC1. The Hall–Kier alpha value is -3.32. The van der Waals surface area contributed by atoms with E-state index in [4.69, 9.17) is 30.1 Å². The van der Waals surface area contributed by atoms with Gasteiger partial charge < -0.3 is 40.3 Å². The Morgan fingerprint density at radius 2 is 1.39 bits per heavy atom. The summed E-state index contributed by atoms with van der Waals surface area (Å²) >= 11 is 0. The van der Waals surface area contributed by atoms with Gasteiger partial charge in [0.05, 0.1) is 6.61 Å². The maximum absolute atomic E-state index is 13.6. The van der Waals surface area contributed by atoms with Gasteiger partial charge in [-0.25, -0.2) is 9.59 Å². The highest BCUT2D eigenvalue weighted by atomic mass is 16.5. The van der Waals surface area contributed by atoms with E-state index in [1.165, 1.54) is 38.5 Å². The summed E-state index contributed by atoms with van der Waals surface area (Å²) in [5.41, 5.74) is 2.48. The van der Waals surface area contributed by atoms with Crippen LogP contribution in [0.1, 0.15) is 80.3 Å². The minimum absolute atomic E-state index is 0.0404. The zero-order valence-corrected chi connectivity index (χ0v) is 23.2. The molecule has 1 aromatic heterocycles. The summed E-state index contributed by atoms with van der Waals surface area (Å²) in [7, 11) is 0. The van der Waals surface area contributed by atoms with Gasteiger partial charge >= 0.3 is 11.9 Å². The standard InChI is InChI=1S/C25H35N3O3.C4H6O6/c29-16-15-26-18-19-11-13-20(14-12-19)24-17-23(27-31-24)25(30)28(21-7-3-1-4-8-21)22-9-5-2-6-10-22;5-1(3(7)8)2(6)4(9)10/h11-14,17,21-22,26,29H,1-10,15-16,18H2;1-2,5-6H,(H,7,8)(H,9,10)/t;1-,2-/m.1/s1. The number of carbonyl (C=O) groups is 3. The average molecular weight is 576 g/mol. The molecule has 0 spiro atoms. The molecular weight excluding hydrogens is 534 g/mol. The quantitative estimate of drug-likeness (QED) is 0.215. The highest BCUT2D eigenvalue weighted by Gasteiger charge is 2.34. The fraction of sp³-hybridized carbons (Fsp3) is 0.586. The molecule has 226 valence electrons. The number of rotatable bonds is 11. The first-order valence-electron chi connectivity index (χ1n) is 14.2. The number of nitrogens with zero attached hydrogens (tertiary/aromatic N) is 2. The number of aliphatic hydroxyl groups is 3. The van der Waals surface area contributed by atoms with Crippen LogP contribution in [-0.4, -0.2) is 90.9 Å². The predicted octanol–water partition coefficient (Wildman–Crippen LogP) is 2.41. The van der Waals surface area contributed by atoms with E-state index in [2.05, 4.69) is 15.4 Å². The first-order chi connectivity index (χ1) is 19.7. The smallest absolute Gasteiger partial charge is 0.335 e. The van der Waals surface area contributed by atoms with E-state index in [0.29, 0.717) is 36.6 Å². The molecule has 41 heavy (non-hydrogen) atoms. The number of carbonyl (C=O) groups excluding carboxylic acids is 1. The van der Waals surface area contributed by atoms with Crippen LogP contribution in [-0.2, 0) is 16.1 Å². The van der Waals surface area contributed by atoms with Crippen molar-refractivity contribution in [2.75, 3.05) is 13.2 Å². The largest absolute Gasteiger partial charge is 0.479 e. The molecule has 0 saturated heterocycles. The molecule has 2 aliphatic rings. The number of carboxylic acid groups (broad SMARTS) is 2. The Bertz CT molecular complexity index is 1070. The third kappa shape index (κ3) is 9.35. The van der Waals surface area contributed by atoms with E-state index in [1.807, 2.05) is 24.3 Å². The number of nitrogens with one attached hydrogen (secondary N) is 1. The van der Waals surface area contributed by atoms with Crippen molar-refractivity contribution in [1.82, 2.24) is 15.4 Å². The van der Waals surface area contributed by atoms with Gasteiger partial charge in [0.1, 0.15) is 0 Å². The van der Waals surface area contributed by atoms with Crippen molar-refractivity contribution in [3.05, 3.63) is 41.6 Å². The number of aliphatic carboxylic acids is 2. The summed E-state index contributed by atoms with van der Waals surface area (Å²) in [6.45, 7) is 1.41. The molecule has 2 atom stereocenters. The second kappa shape index (κ2) is 16.2. The summed E-state index contributed by atoms with van der Waals surface area (Å²) in [5, 5.41) is 48.8. The predicted molar refractivity (Wildman–Crippen MR) is 148 cm³/mol. The van der Waals surface area contributed by atoms with Gasteiger partial charge in [-0.05, 0) is 31.2 Å². The Morgan fingerprint density at radius 1 is 0.878 bits per heavy atom. The van der Waals surface area contributed by atoms with Crippen molar-refractivity contribution < 1.29 is 44.4 Å². The van der Waals surface area contributed by atoms with Crippen LogP contribution in [0.25, 0.3) is 11.3 Å². The molecule has 2 saturated carbocycles. The van der Waals surface area contributed by atoms with Crippen LogP contribution in [0.3, 0.4) is 0 Å². The zero-order chi connectivity index (χ0) is 29.8. The second-order valence-electron chi connectivity index (χ2n) is 10.5. The maximum atomic E-state index is 13.6.